The van der Waals surface area contributed by atoms with Crippen molar-refractivity contribution in [1.29, 1.82) is 0 Å². The van der Waals surface area contributed by atoms with Crippen molar-refractivity contribution in [3.63, 3.8) is 0 Å². The summed E-state index contributed by atoms with van der Waals surface area (Å²) in [7, 11) is 0. The minimum absolute atomic E-state index is 0.170. The summed E-state index contributed by atoms with van der Waals surface area (Å²) in [4.78, 5) is 24.7. The smallest absolute Gasteiger partial charge is 0.262 e. The van der Waals surface area contributed by atoms with E-state index in [1.807, 2.05) is 43.3 Å². The van der Waals surface area contributed by atoms with Crippen LogP contribution in [0, 0.1) is 6.92 Å². The average molecular weight is 464 g/mol. The molecule has 0 fully saturated rings. The number of hydrogen-bond donors (Lipinski definition) is 1. The van der Waals surface area contributed by atoms with Gasteiger partial charge in [0.05, 0.1) is 5.39 Å². The standard InChI is InChI=1S/C24H18BrNO4/c1-15-2-4-16(5-3-15)23-13-21(27)20-12-19(10-11-22(20)30-23)29-14-24(28)26-18-8-6-17(25)7-9-18/h2-13H,14H2,1H3,(H,26,28). The molecule has 1 heterocycles. The van der Waals surface area contributed by atoms with Crippen LogP contribution >= 0.6 is 15.9 Å². The molecule has 0 aliphatic carbocycles. The van der Waals surface area contributed by atoms with Crippen molar-refractivity contribution in [2.75, 3.05) is 11.9 Å². The number of carbonyl (C=O) groups is 1. The van der Waals surface area contributed by atoms with Gasteiger partial charge in [-0.2, -0.15) is 0 Å². The van der Waals surface area contributed by atoms with Gasteiger partial charge in [0.25, 0.3) is 5.91 Å². The maximum atomic E-state index is 12.6. The van der Waals surface area contributed by atoms with E-state index < -0.39 is 0 Å². The summed E-state index contributed by atoms with van der Waals surface area (Å²) in [5.41, 5.74) is 2.94. The van der Waals surface area contributed by atoms with Crippen LogP contribution in [0.5, 0.6) is 5.75 Å². The number of benzene rings is 3. The van der Waals surface area contributed by atoms with Gasteiger partial charge in [0, 0.05) is 21.8 Å². The number of anilines is 1. The number of fused-ring (bicyclic) bond motifs is 1. The maximum Gasteiger partial charge on any atom is 0.262 e. The summed E-state index contributed by atoms with van der Waals surface area (Å²) >= 11 is 3.35. The van der Waals surface area contributed by atoms with E-state index in [1.165, 1.54) is 6.07 Å². The molecule has 4 aromatic rings. The highest BCUT2D eigenvalue weighted by molar-refractivity contribution is 9.10. The second kappa shape index (κ2) is 8.55. The number of amides is 1. The third-order valence-electron chi connectivity index (χ3n) is 4.53. The third kappa shape index (κ3) is 4.60. The van der Waals surface area contributed by atoms with Crippen LogP contribution in [-0.2, 0) is 4.79 Å². The van der Waals surface area contributed by atoms with Gasteiger partial charge >= 0.3 is 0 Å². The molecule has 6 heteroatoms. The first kappa shape index (κ1) is 19.9. The molecule has 1 amide bonds. The lowest BCUT2D eigenvalue weighted by atomic mass is 10.1. The molecule has 0 atom stereocenters. The molecule has 0 saturated carbocycles. The summed E-state index contributed by atoms with van der Waals surface area (Å²) in [6.45, 7) is 1.83. The molecule has 0 aliphatic heterocycles. The van der Waals surface area contributed by atoms with Crippen LogP contribution in [0.1, 0.15) is 5.56 Å². The zero-order chi connectivity index (χ0) is 21.1. The molecule has 4 rings (SSSR count). The molecule has 0 aliphatic rings. The summed E-state index contributed by atoms with van der Waals surface area (Å²) in [6.07, 6.45) is 0. The van der Waals surface area contributed by atoms with Crippen molar-refractivity contribution >= 4 is 38.5 Å². The van der Waals surface area contributed by atoms with Crippen LogP contribution in [0.25, 0.3) is 22.3 Å². The van der Waals surface area contributed by atoms with Gasteiger partial charge in [-0.25, -0.2) is 0 Å². The second-order valence-corrected chi connectivity index (χ2v) is 7.76. The molecular weight excluding hydrogens is 446 g/mol. The zero-order valence-electron chi connectivity index (χ0n) is 16.1. The van der Waals surface area contributed by atoms with Gasteiger partial charge in [-0.05, 0) is 49.4 Å². The first-order chi connectivity index (χ1) is 14.5. The number of ether oxygens (including phenoxy) is 1. The van der Waals surface area contributed by atoms with Gasteiger partial charge in [-0.3, -0.25) is 9.59 Å². The topological polar surface area (TPSA) is 68.5 Å². The number of rotatable bonds is 5. The van der Waals surface area contributed by atoms with Crippen molar-refractivity contribution in [3.8, 4) is 17.1 Å². The van der Waals surface area contributed by atoms with Crippen LogP contribution in [-0.4, -0.2) is 12.5 Å². The summed E-state index contributed by atoms with van der Waals surface area (Å²) < 4.78 is 12.4. The highest BCUT2D eigenvalue weighted by Gasteiger charge is 2.10. The average Bonchev–Trinajstić information content (AvgIpc) is 2.74. The Morgan fingerprint density at radius 2 is 1.73 bits per heavy atom. The normalized spacial score (nSPS) is 10.7. The van der Waals surface area contributed by atoms with Gasteiger partial charge in [-0.15, -0.1) is 0 Å². The fourth-order valence-electron chi connectivity index (χ4n) is 2.96. The first-order valence-corrected chi connectivity index (χ1v) is 10.1. The number of nitrogens with one attached hydrogen (secondary N) is 1. The highest BCUT2D eigenvalue weighted by atomic mass is 79.9. The number of carbonyl (C=O) groups excluding carboxylic acids is 1. The Kier molecular flexibility index (Phi) is 5.68. The molecule has 0 unspecified atom stereocenters. The minimum atomic E-state index is -0.292. The van der Waals surface area contributed by atoms with Gasteiger partial charge in [0.2, 0.25) is 0 Å². The fourth-order valence-corrected chi connectivity index (χ4v) is 3.23. The van der Waals surface area contributed by atoms with E-state index in [4.69, 9.17) is 9.15 Å². The molecule has 0 radical (unpaired) electrons. The Bertz CT molecular complexity index is 1260. The van der Waals surface area contributed by atoms with Gasteiger partial charge in [0.1, 0.15) is 17.1 Å². The van der Waals surface area contributed by atoms with Crippen LogP contribution in [0.4, 0.5) is 5.69 Å². The SMILES string of the molecule is Cc1ccc(-c2cc(=O)c3cc(OCC(=O)Nc4ccc(Br)cc4)ccc3o2)cc1. The van der Waals surface area contributed by atoms with Crippen molar-refractivity contribution < 1.29 is 13.9 Å². The van der Waals surface area contributed by atoms with Crippen molar-refractivity contribution in [2.45, 2.75) is 6.92 Å². The molecule has 30 heavy (non-hydrogen) atoms. The van der Waals surface area contributed by atoms with E-state index in [0.29, 0.717) is 28.2 Å². The number of aryl methyl sites for hydroxylation is 1. The first-order valence-electron chi connectivity index (χ1n) is 9.31. The Balaban J connectivity index is 1.49. The van der Waals surface area contributed by atoms with Crippen molar-refractivity contribution in [3.05, 3.63) is 93.1 Å². The van der Waals surface area contributed by atoms with Crippen LogP contribution in [0.2, 0.25) is 0 Å². The van der Waals surface area contributed by atoms with Crippen molar-refractivity contribution in [2.24, 2.45) is 0 Å². The lowest BCUT2D eigenvalue weighted by molar-refractivity contribution is -0.118. The van der Waals surface area contributed by atoms with E-state index in [0.717, 1.165) is 15.6 Å². The summed E-state index contributed by atoms with van der Waals surface area (Å²) in [5, 5.41) is 3.15. The minimum Gasteiger partial charge on any atom is -0.484 e. The predicted molar refractivity (Wildman–Crippen MR) is 121 cm³/mol. The Labute approximate surface area is 181 Å². The zero-order valence-corrected chi connectivity index (χ0v) is 17.7. The van der Waals surface area contributed by atoms with Crippen molar-refractivity contribution in [1.82, 2.24) is 0 Å². The number of hydrogen-bond acceptors (Lipinski definition) is 4. The van der Waals surface area contributed by atoms with Gasteiger partial charge < -0.3 is 14.5 Å². The fraction of sp³-hybridized carbons (Fsp3) is 0.0833. The Morgan fingerprint density at radius 3 is 2.47 bits per heavy atom. The Hall–Kier alpha value is -3.38. The molecule has 5 nitrogen and oxygen atoms in total. The molecule has 1 aromatic heterocycles. The molecule has 3 aromatic carbocycles. The highest BCUT2D eigenvalue weighted by Crippen LogP contribution is 2.25. The van der Waals surface area contributed by atoms with E-state index in [2.05, 4.69) is 21.2 Å². The summed E-state index contributed by atoms with van der Waals surface area (Å²) in [5.74, 6) is 0.637. The molecule has 1 N–H and O–H groups in total. The van der Waals surface area contributed by atoms with E-state index in [9.17, 15) is 9.59 Å². The van der Waals surface area contributed by atoms with E-state index >= 15 is 0 Å². The van der Waals surface area contributed by atoms with Crippen LogP contribution in [0.15, 0.2) is 86.5 Å². The quantitative estimate of drug-likeness (QED) is 0.421. The van der Waals surface area contributed by atoms with Crippen LogP contribution < -0.4 is 15.5 Å². The third-order valence-corrected chi connectivity index (χ3v) is 5.06. The van der Waals surface area contributed by atoms with E-state index in [1.54, 1.807) is 30.3 Å². The van der Waals surface area contributed by atoms with Gasteiger partial charge in [0.15, 0.2) is 12.0 Å². The second-order valence-electron chi connectivity index (χ2n) is 6.84. The van der Waals surface area contributed by atoms with Crippen LogP contribution in [0.3, 0.4) is 0 Å². The maximum absolute atomic E-state index is 12.6. The molecule has 0 bridgehead atoms. The molecule has 0 saturated heterocycles. The predicted octanol–water partition coefficient (Wildman–Crippen LogP) is 5.55. The molecule has 150 valence electrons. The largest absolute Gasteiger partial charge is 0.484 e. The monoisotopic (exact) mass is 463 g/mol. The number of halogens is 1. The van der Waals surface area contributed by atoms with E-state index in [-0.39, 0.29) is 17.9 Å². The summed E-state index contributed by atoms with van der Waals surface area (Å²) in [6, 6.07) is 21.4. The lowest BCUT2D eigenvalue weighted by Crippen LogP contribution is -2.20. The van der Waals surface area contributed by atoms with Gasteiger partial charge in [-0.1, -0.05) is 45.8 Å². The Morgan fingerprint density at radius 1 is 1.00 bits per heavy atom. The molecular formula is C24H18BrNO4. The lowest BCUT2D eigenvalue weighted by Gasteiger charge is -2.09. The molecule has 0 spiro atoms.